The van der Waals surface area contributed by atoms with Crippen molar-refractivity contribution in [3.63, 3.8) is 0 Å². The molecule has 1 aromatic heterocycles. The molecule has 0 aliphatic carbocycles. The molecule has 0 saturated carbocycles. The lowest BCUT2D eigenvalue weighted by Crippen LogP contribution is -2.35. The highest BCUT2D eigenvalue weighted by Crippen LogP contribution is 2.24. The summed E-state index contributed by atoms with van der Waals surface area (Å²) in [5, 5.41) is 6.66. The van der Waals surface area contributed by atoms with Crippen LogP contribution in [0.3, 0.4) is 0 Å². The fraction of sp³-hybridized carbons (Fsp3) is 0.700. The molecule has 1 aromatic rings. The zero-order chi connectivity index (χ0) is 9.97. The van der Waals surface area contributed by atoms with Gasteiger partial charge < -0.3 is 5.32 Å². The van der Waals surface area contributed by atoms with Gasteiger partial charge in [0.05, 0.1) is 6.04 Å². The fourth-order valence-electron chi connectivity index (χ4n) is 1.92. The first-order valence-corrected chi connectivity index (χ1v) is 5.99. The minimum Gasteiger partial charge on any atom is -0.315 e. The minimum absolute atomic E-state index is 0. The number of halogens is 1. The summed E-state index contributed by atoms with van der Waals surface area (Å²) >= 11 is 1.74. The van der Waals surface area contributed by atoms with E-state index in [1.165, 1.54) is 11.4 Å². The van der Waals surface area contributed by atoms with Crippen LogP contribution in [0.15, 0.2) is 11.6 Å². The molecular formula is C10H18ClN3S. The van der Waals surface area contributed by atoms with E-state index < -0.39 is 0 Å². The molecule has 0 amide bonds. The first kappa shape index (κ1) is 12.9. The van der Waals surface area contributed by atoms with Crippen LogP contribution in [0.4, 0.5) is 0 Å². The molecule has 15 heavy (non-hydrogen) atoms. The van der Waals surface area contributed by atoms with E-state index in [0.29, 0.717) is 12.1 Å². The van der Waals surface area contributed by atoms with E-state index in [0.717, 1.165) is 13.1 Å². The number of hydrogen-bond donors (Lipinski definition) is 1. The molecule has 1 aliphatic heterocycles. The van der Waals surface area contributed by atoms with Crippen molar-refractivity contribution in [1.82, 2.24) is 15.2 Å². The molecule has 2 atom stereocenters. The topological polar surface area (TPSA) is 28.2 Å². The summed E-state index contributed by atoms with van der Waals surface area (Å²) in [6.45, 7) is 4.50. The zero-order valence-electron chi connectivity index (χ0n) is 9.14. The lowest BCUT2D eigenvalue weighted by atomic mass is 10.2. The van der Waals surface area contributed by atoms with E-state index >= 15 is 0 Å². The van der Waals surface area contributed by atoms with Gasteiger partial charge in [0.2, 0.25) is 0 Å². The predicted molar refractivity (Wildman–Crippen MR) is 66.8 cm³/mol. The van der Waals surface area contributed by atoms with Crippen molar-refractivity contribution in [2.75, 3.05) is 20.1 Å². The molecule has 0 bridgehead atoms. The largest absolute Gasteiger partial charge is 0.315 e. The third-order valence-electron chi connectivity index (χ3n) is 3.03. The number of nitrogens with one attached hydrogen (secondary N) is 1. The minimum atomic E-state index is 0. The maximum atomic E-state index is 4.37. The normalized spacial score (nSPS) is 22.7. The van der Waals surface area contributed by atoms with Crippen LogP contribution >= 0.6 is 23.7 Å². The van der Waals surface area contributed by atoms with E-state index in [9.17, 15) is 0 Å². The van der Waals surface area contributed by atoms with Crippen LogP contribution in [0.25, 0.3) is 0 Å². The van der Waals surface area contributed by atoms with Crippen LogP contribution in [0.5, 0.6) is 0 Å². The molecule has 0 spiro atoms. The maximum absolute atomic E-state index is 4.37. The summed E-state index contributed by atoms with van der Waals surface area (Å²) in [6.07, 6.45) is 3.14. The standard InChI is InChI=1S/C10H17N3S.ClH/c1-8(10-12-5-6-14-10)13(2)9-3-4-11-7-9;/h5-6,8-9,11H,3-4,7H2,1-2H3;1H/t8?,9-;/m0./s1. The van der Waals surface area contributed by atoms with E-state index in [1.54, 1.807) is 11.3 Å². The van der Waals surface area contributed by atoms with Crippen LogP contribution in [0.2, 0.25) is 0 Å². The highest BCUT2D eigenvalue weighted by atomic mass is 35.5. The molecule has 0 aromatic carbocycles. The first-order valence-electron chi connectivity index (χ1n) is 5.11. The second kappa shape index (κ2) is 5.80. The highest BCUT2D eigenvalue weighted by Gasteiger charge is 2.24. The molecular weight excluding hydrogens is 230 g/mol. The van der Waals surface area contributed by atoms with Crippen molar-refractivity contribution < 1.29 is 0 Å². The first-order chi connectivity index (χ1) is 6.79. The average molecular weight is 248 g/mol. The molecule has 1 N–H and O–H groups in total. The maximum Gasteiger partial charge on any atom is 0.109 e. The van der Waals surface area contributed by atoms with Gasteiger partial charge in [-0.2, -0.15) is 0 Å². The van der Waals surface area contributed by atoms with Crippen LogP contribution in [-0.4, -0.2) is 36.1 Å². The highest BCUT2D eigenvalue weighted by molar-refractivity contribution is 7.09. The predicted octanol–water partition coefficient (Wildman–Crippen LogP) is 1.92. The van der Waals surface area contributed by atoms with Gasteiger partial charge in [0.15, 0.2) is 0 Å². The molecule has 1 saturated heterocycles. The Bertz CT molecular complexity index is 272. The van der Waals surface area contributed by atoms with Gasteiger partial charge in [-0.25, -0.2) is 4.98 Å². The van der Waals surface area contributed by atoms with E-state index in [1.807, 2.05) is 11.6 Å². The van der Waals surface area contributed by atoms with Gasteiger partial charge in [0.1, 0.15) is 5.01 Å². The van der Waals surface area contributed by atoms with E-state index in [-0.39, 0.29) is 12.4 Å². The Labute approximate surface area is 101 Å². The second-order valence-corrected chi connectivity index (χ2v) is 4.78. The van der Waals surface area contributed by atoms with Gasteiger partial charge in [-0.3, -0.25) is 4.90 Å². The molecule has 0 radical (unpaired) electrons. The summed E-state index contributed by atoms with van der Waals surface area (Å²) in [4.78, 5) is 6.79. The summed E-state index contributed by atoms with van der Waals surface area (Å²) in [6, 6.07) is 1.12. The Morgan fingerprint density at radius 2 is 2.47 bits per heavy atom. The SMILES string of the molecule is CC(c1nccs1)N(C)[C@H]1CCNC1.Cl. The Hall–Kier alpha value is -0.160. The van der Waals surface area contributed by atoms with Crippen molar-refractivity contribution in [1.29, 1.82) is 0 Å². The Kier molecular flexibility index (Phi) is 4.99. The number of aromatic nitrogens is 1. The van der Waals surface area contributed by atoms with Crippen molar-refractivity contribution in [2.45, 2.75) is 25.4 Å². The Morgan fingerprint density at radius 1 is 1.67 bits per heavy atom. The van der Waals surface area contributed by atoms with Gasteiger partial charge in [0, 0.05) is 24.2 Å². The summed E-state index contributed by atoms with van der Waals surface area (Å²) in [5.41, 5.74) is 0. The number of hydrogen-bond acceptors (Lipinski definition) is 4. The fourth-order valence-corrected chi connectivity index (χ4v) is 2.66. The number of thiazole rings is 1. The molecule has 5 heteroatoms. The van der Waals surface area contributed by atoms with E-state index in [4.69, 9.17) is 0 Å². The van der Waals surface area contributed by atoms with Gasteiger partial charge in [0.25, 0.3) is 0 Å². The third-order valence-corrected chi connectivity index (χ3v) is 3.98. The summed E-state index contributed by atoms with van der Waals surface area (Å²) in [5.74, 6) is 0. The zero-order valence-corrected chi connectivity index (χ0v) is 10.8. The average Bonchev–Trinajstić information content (AvgIpc) is 2.87. The van der Waals surface area contributed by atoms with Crippen molar-refractivity contribution in [3.8, 4) is 0 Å². The van der Waals surface area contributed by atoms with Gasteiger partial charge >= 0.3 is 0 Å². The van der Waals surface area contributed by atoms with Gasteiger partial charge in [-0.15, -0.1) is 23.7 Å². The van der Waals surface area contributed by atoms with Crippen LogP contribution in [-0.2, 0) is 0 Å². The second-order valence-electron chi connectivity index (χ2n) is 3.86. The van der Waals surface area contributed by atoms with E-state index in [2.05, 4.69) is 29.2 Å². The van der Waals surface area contributed by atoms with Crippen molar-refractivity contribution >= 4 is 23.7 Å². The summed E-state index contributed by atoms with van der Waals surface area (Å²) < 4.78 is 0. The van der Waals surface area contributed by atoms with Crippen LogP contribution in [0, 0.1) is 0 Å². The lowest BCUT2D eigenvalue weighted by molar-refractivity contribution is 0.196. The quantitative estimate of drug-likeness (QED) is 0.885. The van der Waals surface area contributed by atoms with Crippen LogP contribution in [0.1, 0.15) is 24.4 Å². The smallest absolute Gasteiger partial charge is 0.109 e. The number of nitrogens with zero attached hydrogens (tertiary/aromatic N) is 2. The van der Waals surface area contributed by atoms with Crippen molar-refractivity contribution in [3.05, 3.63) is 16.6 Å². The molecule has 2 heterocycles. The monoisotopic (exact) mass is 247 g/mol. The number of rotatable bonds is 3. The molecule has 1 aliphatic rings. The Balaban J connectivity index is 0.00000112. The molecule has 3 nitrogen and oxygen atoms in total. The molecule has 1 fully saturated rings. The van der Waals surface area contributed by atoms with Gasteiger partial charge in [-0.05, 0) is 26.9 Å². The summed E-state index contributed by atoms with van der Waals surface area (Å²) in [7, 11) is 2.20. The number of likely N-dealkylation sites (N-methyl/N-ethyl adjacent to an activating group) is 1. The molecule has 1 unspecified atom stereocenters. The van der Waals surface area contributed by atoms with Crippen molar-refractivity contribution in [2.24, 2.45) is 0 Å². The lowest BCUT2D eigenvalue weighted by Gasteiger charge is -2.28. The molecule has 86 valence electrons. The van der Waals surface area contributed by atoms with Gasteiger partial charge in [-0.1, -0.05) is 0 Å². The third kappa shape index (κ3) is 2.91. The Morgan fingerprint density at radius 3 is 3.00 bits per heavy atom. The van der Waals surface area contributed by atoms with Crippen LogP contribution < -0.4 is 5.32 Å². The molecule has 2 rings (SSSR count).